The molecule has 35 heavy (non-hydrogen) atoms. The number of methoxy groups -OCH3 is 1. The summed E-state index contributed by atoms with van der Waals surface area (Å²) in [6.07, 6.45) is 2.05. The van der Waals surface area contributed by atoms with E-state index >= 15 is 0 Å². The fourth-order valence-corrected chi connectivity index (χ4v) is 5.47. The van der Waals surface area contributed by atoms with Crippen molar-refractivity contribution in [3.63, 3.8) is 0 Å². The first-order valence-corrected chi connectivity index (χ1v) is 13.3. The highest BCUT2D eigenvalue weighted by molar-refractivity contribution is 7.89. The summed E-state index contributed by atoms with van der Waals surface area (Å²) in [5, 5.41) is 3.13. The highest BCUT2D eigenvalue weighted by Gasteiger charge is 2.27. The Hall–Kier alpha value is -2.87. The average Bonchev–Trinajstić information content (AvgIpc) is 2.86. The second-order valence-corrected chi connectivity index (χ2v) is 10.7. The van der Waals surface area contributed by atoms with Gasteiger partial charge in [0.15, 0.2) is 0 Å². The number of rotatable bonds is 12. The Morgan fingerprint density at radius 2 is 1.57 bits per heavy atom. The van der Waals surface area contributed by atoms with Gasteiger partial charge >= 0.3 is 0 Å². The van der Waals surface area contributed by atoms with Gasteiger partial charge in [-0.05, 0) is 55.5 Å². The van der Waals surface area contributed by atoms with Crippen LogP contribution in [0.3, 0.4) is 0 Å². The Bertz CT molecular complexity index is 1200. The fraction of sp³-hybridized carbons (Fsp3) is 0.296. The van der Waals surface area contributed by atoms with Gasteiger partial charge in [-0.2, -0.15) is 4.31 Å². The number of aryl methyl sites for hydroxylation is 1. The molecule has 0 aliphatic rings. The van der Waals surface area contributed by atoms with Gasteiger partial charge in [0.05, 0.1) is 23.6 Å². The van der Waals surface area contributed by atoms with Crippen molar-refractivity contribution in [1.82, 2.24) is 9.62 Å². The standard InChI is InChI=1S/C27H31ClN2O4S/c1-21(13-14-22-9-5-3-6-10-22)29-27(31)20-30(18-17-23-11-7-4-8-12-23)35(32,33)24-15-16-26(34-2)25(28)19-24/h3-12,15-16,19,21H,13-14,17-18,20H2,1-2H3,(H,29,31)/t21-/m1/s1. The summed E-state index contributed by atoms with van der Waals surface area (Å²) in [6.45, 7) is 1.79. The summed E-state index contributed by atoms with van der Waals surface area (Å²) >= 11 is 6.19. The molecule has 0 bridgehead atoms. The second-order valence-electron chi connectivity index (χ2n) is 8.36. The van der Waals surface area contributed by atoms with E-state index in [0.717, 1.165) is 18.4 Å². The molecule has 3 rings (SSSR count). The first-order chi connectivity index (χ1) is 16.8. The van der Waals surface area contributed by atoms with Gasteiger partial charge in [-0.1, -0.05) is 72.3 Å². The Balaban J connectivity index is 1.72. The van der Waals surface area contributed by atoms with E-state index in [1.165, 1.54) is 35.2 Å². The molecular weight excluding hydrogens is 484 g/mol. The largest absolute Gasteiger partial charge is 0.495 e. The lowest BCUT2D eigenvalue weighted by molar-refractivity contribution is -0.121. The molecule has 3 aromatic rings. The molecule has 0 heterocycles. The topological polar surface area (TPSA) is 75.7 Å². The predicted molar refractivity (Wildman–Crippen MR) is 139 cm³/mol. The quantitative estimate of drug-likeness (QED) is 0.379. The summed E-state index contributed by atoms with van der Waals surface area (Å²) in [4.78, 5) is 12.9. The van der Waals surface area contributed by atoms with Gasteiger partial charge in [0, 0.05) is 12.6 Å². The minimum atomic E-state index is -3.97. The van der Waals surface area contributed by atoms with Crippen LogP contribution in [0.25, 0.3) is 0 Å². The first kappa shape index (κ1) is 26.7. The number of carbonyl (C=O) groups excluding carboxylic acids is 1. The fourth-order valence-electron chi connectivity index (χ4n) is 3.72. The van der Waals surface area contributed by atoms with Crippen LogP contribution in [-0.2, 0) is 27.7 Å². The number of amides is 1. The van der Waals surface area contributed by atoms with Gasteiger partial charge in [-0.3, -0.25) is 4.79 Å². The molecule has 0 aliphatic carbocycles. The molecule has 1 atom stereocenters. The van der Waals surface area contributed by atoms with Crippen LogP contribution in [-0.4, -0.2) is 44.9 Å². The van der Waals surface area contributed by atoms with Crippen molar-refractivity contribution in [2.45, 2.75) is 37.1 Å². The van der Waals surface area contributed by atoms with Crippen molar-refractivity contribution < 1.29 is 17.9 Å². The number of sulfonamides is 1. The summed E-state index contributed by atoms with van der Waals surface area (Å²) in [5.41, 5.74) is 2.18. The van der Waals surface area contributed by atoms with Gasteiger partial charge in [0.25, 0.3) is 0 Å². The molecule has 0 saturated heterocycles. The predicted octanol–water partition coefficient (Wildman–Crippen LogP) is 4.72. The van der Waals surface area contributed by atoms with Crippen LogP contribution in [0.15, 0.2) is 83.8 Å². The zero-order valence-electron chi connectivity index (χ0n) is 20.0. The van der Waals surface area contributed by atoms with Crippen LogP contribution in [0, 0.1) is 0 Å². The van der Waals surface area contributed by atoms with Crippen molar-refractivity contribution in [3.05, 3.63) is 95.0 Å². The lowest BCUT2D eigenvalue weighted by Crippen LogP contribution is -2.44. The Kier molecular flexibility index (Phi) is 9.72. The SMILES string of the molecule is COc1ccc(S(=O)(=O)N(CCc2ccccc2)CC(=O)N[C@H](C)CCc2ccccc2)cc1Cl. The van der Waals surface area contributed by atoms with E-state index in [0.29, 0.717) is 12.2 Å². The molecule has 0 spiro atoms. The maximum absolute atomic E-state index is 13.5. The highest BCUT2D eigenvalue weighted by atomic mass is 35.5. The summed E-state index contributed by atoms with van der Waals surface area (Å²) in [5.74, 6) is 0.0354. The van der Waals surface area contributed by atoms with E-state index in [-0.39, 0.29) is 35.0 Å². The monoisotopic (exact) mass is 514 g/mol. The number of nitrogens with one attached hydrogen (secondary N) is 1. The molecule has 6 nitrogen and oxygen atoms in total. The Labute approximate surface area is 212 Å². The van der Waals surface area contributed by atoms with Gasteiger partial charge in [-0.15, -0.1) is 0 Å². The van der Waals surface area contributed by atoms with Gasteiger partial charge in [0.1, 0.15) is 5.75 Å². The zero-order valence-corrected chi connectivity index (χ0v) is 21.6. The van der Waals surface area contributed by atoms with E-state index in [1.54, 1.807) is 0 Å². The number of hydrogen-bond donors (Lipinski definition) is 1. The average molecular weight is 515 g/mol. The summed E-state index contributed by atoms with van der Waals surface area (Å²) in [6, 6.07) is 23.8. The molecule has 0 unspecified atom stereocenters. The number of benzene rings is 3. The molecule has 1 N–H and O–H groups in total. The molecule has 8 heteroatoms. The lowest BCUT2D eigenvalue weighted by Gasteiger charge is -2.23. The number of hydrogen-bond acceptors (Lipinski definition) is 4. The van der Waals surface area contributed by atoms with E-state index in [1.807, 2.05) is 67.6 Å². The first-order valence-electron chi connectivity index (χ1n) is 11.5. The number of ether oxygens (including phenoxy) is 1. The third kappa shape index (κ3) is 7.82. The molecule has 186 valence electrons. The molecule has 0 fully saturated rings. The van der Waals surface area contributed by atoms with Crippen LogP contribution in [0.4, 0.5) is 0 Å². The minimum absolute atomic E-state index is 0.0151. The normalized spacial score (nSPS) is 12.3. The van der Waals surface area contributed by atoms with Crippen LogP contribution < -0.4 is 10.1 Å². The number of carbonyl (C=O) groups is 1. The van der Waals surface area contributed by atoms with E-state index in [4.69, 9.17) is 16.3 Å². The lowest BCUT2D eigenvalue weighted by atomic mass is 10.1. The summed E-state index contributed by atoms with van der Waals surface area (Å²) < 4.78 is 33.3. The van der Waals surface area contributed by atoms with E-state index in [2.05, 4.69) is 5.32 Å². The van der Waals surface area contributed by atoms with Gasteiger partial charge < -0.3 is 10.1 Å². The molecule has 1 amide bonds. The van der Waals surface area contributed by atoms with Gasteiger partial charge in [0.2, 0.25) is 15.9 Å². The molecular formula is C27H31ClN2O4S. The van der Waals surface area contributed by atoms with Crippen LogP contribution >= 0.6 is 11.6 Å². The van der Waals surface area contributed by atoms with E-state index in [9.17, 15) is 13.2 Å². The minimum Gasteiger partial charge on any atom is -0.495 e. The zero-order chi connectivity index (χ0) is 25.3. The van der Waals surface area contributed by atoms with Crippen LogP contribution in [0.1, 0.15) is 24.5 Å². The Morgan fingerprint density at radius 3 is 2.14 bits per heavy atom. The summed E-state index contributed by atoms with van der Waals surface area (Å²) in [7, 11) is -2.51. The van der Waals surface area contributed by atoms with Crippen LogP contribution in [0.5, 0.6) is 5.75 Å². The maximum atomic E-state index is 13.5. The molecule has 3 aromatic carbocycles. The van der Waals surface area contributed by atoms with Crippen molar-refractivity contribution in [2.24, 2.45) is 0 Å². The Morgan fingerprint density at radius 1 is 0.971 bits per heavy atom. The van der Waals surface area contributed by atoms with E-state index < -0.39 is 10.0 Å². The number of halogens is 1. The van der Waals surface area contributed by atoms with Crippen molar-refractivity contribution in [3.8, 4) is 5.75 Å². The number of nitrogens with zero attached hydrogens (tertiary/aromatic N) is 1. The van der Waals surface area contributed by atoms with Crippen LogP contribution in [0.2, 0.25) is 5.02 Å². The molecule has 0 saturated carbocycles. The third-order valence-corrected chi connectivity index (χ3v) is 7.83. The smallest absolute Gasteiger partial charge is 0.243 e. The second kappa shape index (κ2) is 12.7. The highest BCUT2D eigenvalue weighted by Crippen LogP contribution is 2.28. The molecule has 0 radical (unpaired) electrons. The maximum Gasteiger partial charge on any atom is 0.243 e. The third-order valence-electron chi connectivity index (χ3n) is 5.69. The van der Waals surface area contributed by atoms with Crippen molar-refractivity contribution in [2.75, 3.05) is 20.2 Å². The van der Waals surface area contributed by atoms with Gasteiger partial charge in [-0.25, -0.2) is 8.42 Å². The molecule has 0 aliphatic heterocycles. The van der Waals surface area contributed by atoms with Crippen molar-refractivity contribution >= 4 is 27.5 Å². The van der Waals surface area contributed by atoms with Crippen molar-refractivity contribution in [1.29, 1.82) is 0 Å². The molecule has 0 aromatic heterocycles.